The number of unbranched alkanes of at least 4 members (excludes halogenated alkanes) is 3. The minimum Gasteiger partial charge on any atom is -0.330 e. The molecule has 0 aromatic heterocycles. The molecule has 4 fully saturated rings. The van der Waals surface area contributed by atoms with Gasteiger partial charge in [-0.05, 0) is 75.7 Å². The lowest BCUT2D eigenvalue weighted by molar-refractivity contribution is -0.0981. The minimum atomic E-state index is 0.506. The molecule has 4 aliphatic rings. The van der Waals surface area contributed by atoms with Gasteiger partial charge < -0.3 is 5.73 Å². The number of hydrogen-bond acceptors (Lipinski definition) is 3. The minimum absolute atomic E-state index is 0.506. The lowest BCUT2D eigenvalue weighted by Gasteiger charge is -2.59. The third-order valence-corrected chi connectivity index (χ3v) is 6.20. The van der Waals surface area contributed by atoms with Crippen LogP contribution in [-0.2, 0) is 0 Å². The highest BCUT2D eigenvalue weighted by Gasteiger charge is 2.52. The summed E-state index contributed by atoms with van der Waals surface area (Å²) in [6, 6.07) is 0. The van der Waals surface area contributed by atoms with Crippen molar-refractivity contribution < 1.29 is 0 Å². The Kier molecular flexibility index (Phi) is 4.68. The molecule has 0 atom stereocenters. The topological polar surface area (TPSA) is 41.3 Å². The van der Waals surface area contributed by atoms with Gasteiger partial charge in [-0.25, -0.2) is 5.01 Å². The molecule has 0 aromatic rings. The normalized spacial score (nSPS) is 38.9. The first-order chi connectivity index (χ1) is 9.72. The molecule has 3 N–H and O–H groups in total. The molecule has 0 saturated heterocycles. The smallest absolute Gasteiger partial charge is 0.0359 e. The molecular weight excluding hydrogens is 246 g/mol. The van der Waals surface area contributed by atoms with Crippen molar-refractivity contribution in [2.24, 2.45) is 23.5 Å². The van der Waals surface area contributed by atoms with Gasteiger partial charge in [0.2, 0.25) is 0 Å². The van der Waals surface area contributed by atoms with E-state index in [0.717, 1.165) is 30.8 Å². The Bertz CT molecular complexity index is 280. The molecule has 0 heterocycles. The SMILES string of the molecule is CN(NCCCCCCN)C12CC3CC(CC(C3)C1)C2. The summed E-state index contributed by atoms with van der Waals surface area (Å²) in [5.41, 5.74) is 9.76. The molecule has 116 valence electrons. The second kappa shape index (κ2) is 6.33. The molecule has 4 rings (SSSR count). The zero-order chi connectivity index (χ0) is 14.0. The summed E-state index contributed by atoms with van der Waals surface area (Å²) in [6.45, 7) is 1.99. The van der Waals surface area contributed by atoms with Crippen LogP contribution < -0.4 is 11.2 Å². The lowest BCUT2D eigenvalue weighted by atomic mass is 9.53. The summed E-state index contributed by atoms with van der Waals surface area (Å²) in [5, 5.41) is 2.53. The molecule has 3 nitrogen and oxygen atoms in total. The predicted molar refractivity (Wildman–Crippen MR) is 84.2 cm³/mol. The molecule has 4 aliphatic carbocycles. The molecule has 4 saturated carbocycles. The predicted octanol–water partition coefficient (Wildman–Crippen LogP) is 2.91. The molecular formula is C17H33N3. The largest absolute Gasteiger partial charge is 0.330 e. The number of hydrazine groups is 1. The van der Waals surface area contributed by atoms with Crippen LogP contribution in [0.5, 0.6) is 0 Å². The van der Waals surface area contributed by atoms with Gasteiger partial charge in [0.05, 0.1) is 0 Å². The van der Waals surface area contributed by atoms with Crippen molar-refractivity contribution in [3.63, 3.8) is 0 Å². The summed E-state index contributed by atoms with van der Waals surface area (Å²) in [4.78, 5) is 0. The van der Waals surface area contributed by atoms with Crippen molar-refractivity contribution in [1.29, 1.82) is 0 Å². The zero-order valence-corrected chi connectivity index (χ0v) is 13.2. The van der Waals surface area contributed by atoms with E-state index < -0.39 is 0 Å². The highest BCUT2D eigenvalue weighted by atomic mass is 15.5. The molecule has 0 aromatic carbocycles. The van der Waals surface area contributed by atoms with Crippen molar-refractivity contribution in [3.05, 3.63) is 0 Å². The van der Waals surface area contributed by atoms with Crippen LogP contribution in [0.3, 0.4) is 0 Å². The number of rotatable bonds is 8. The van der Waals surface area contributed by atoms with Crippen LogP contribution in [-0.4, -0.2) is 30.7 Å². The van der Waals surface area contributed by atoms with Gasteiger partial charge in [0.1, 0.15) is 0 Å². The van der Waals surface area contributed by atoms with Crippen LogP contribution in [0.4, 0.5) is 0 Å². The van der Waals surface area contributed by atoms with Crippen molar-refractivity contribution in [2.45, 2.75) is 69.7 Å². The third-order valence-electron chi connectivity index (χ3n) is 6.20. The first-order valence-electron chi connectivity index (χ1n) is 8.89. The van der Waals surface area contributed by atoms with Gasteiger partial charge in [0.25, 0.3) is 0 Å². The van der Waals surface area contributed by atoms with E-state index >= 15 is 0 Å². The lowest BCUT2D eigenvalue weighted by Crippen LogP contribution is -2.62. The molecule has 20 heavy (non-hydrogen) atoms. The van der Waals surface area contributed by atoms with Gasteiger partial charge in [0.15, 0.2) is 0 Å². The van der Waals surface area contributed by atoms with Gasteiger partial charge in [-0.15, -0.1) is 0 Å². The monoisotopic (exact) mass is 279 g/mol. The van der Waals surface area contributed by atoms with Gasteiger partial charge in [-0.2, -0.15) is 0 Å². The molecule has 4 bridgehead atoms. The summed E-state index contributed by atoms with van der Waals surface area (Å²) in [6.07, 6.45) is 14.0. The Morgan fingerprint density at radius 1 is 0.950 bits per heavy atom. The second-order valence-corrected chi connectivity index (χ2v) is 7.81. The Balaban J connectivity index is 1.44. The van der Waals surface area contributed by atoms with Crippen LogP contribution in [0, 0.1) is 17.8 Å². The summed E-state index contributed by atoms with van der Waals surface area (Å²) in [5.74, 6) is 3.11. The van der Waals surface area contributed by atoms with Crippen LogP contribution >= 0.6 is 0 Å². The van der Waals surface area contributed by atoms with Crippen LogP contribution in [0.1, 0.15) is 64.2 Å². The Hall–Kier alpha value is -0.120. The zero-order valence-electron chi connectivity index (χ0n) is 13.2. The van der Waals surface area contributed by atoms with Crippen molar-refractivity contribution >= 4 is 0 Å². The Morgan fingerprint density at radius 3 is 2.05 bits per heavy atom. The molecule has 3 heteroatoms. The summed E-state index contributed by atoms with van der Waals surface area (Å²) in [7, 11) is 2.31. The third kappa shape index (κ3) is 3.05. The Morgan fingerprint density at radius 2 is 1.50 bits per heavy atom. The number of nitrogens with one attached hydrogen (secondary N) is 1. The van der Waals surface area contributed by atoms with Gasteiger partial charge >= 0.3 is 0 Å². The second-order valence-electron chi connectivity index (χ2n) is 7.81. The van der Waals surface area contributed by atoms with E-state index in [2.05, 4.69) is 17.5 Å². The standard InChI is InChI=1S/C17H33N3/c1-20(19-7-5-3-2-4-6-18)17-11-14-8-15(12-17)10-16(9-14)13-17/h14-16,19H,2-13,18H2,1H3. The Labute approximate surface area is 124 Å². The molecule has 0 amide bonds. The van der Waals surface area contributed by atoms with Crippen LogP contribution in [0.25, 0.3) is 0 Å². The van der Waals surface area contributed by atoms with Gasteiger partial charge in [-0.3, -0.25) is 5.43 Å². The van der Waals surface area contributed by atoms with E-state index in [1.807, 2.05) is 0 Å². The van der Waals surface area contributed by atoms with Crippen LogP contribution in [0.2, 0.25) is 0 Å². The maximum atomic E-state index is 5.54. The van der Waals surface area contributed by atoms with E-state index in [0.29, 0.717) is 5.54 Å². The van der Waals surface area contributed by atoms with Crippen molar-refractivity contribution in [2.75, 3.05) is 20.1 Å². The summed E-state index contributed by atoms with van der Waals surface area (Å²) >= 11 is 0. The molecule has 0 spiro atoms. The first kappa shape index (κ1) is 14.8. The maximum absolute atomic E-state index is 5.54. The van der Waals surface area contributed by atoms with E-state index in [-0.39, 0.29) is 0 Å². The average Bonchev–Trinajstić information content (AvgIpc) is 2.41. The fourth-order valence-corrected chi connectivity index (χ4v) is 5.51. The quantitative estimate of drug-likeness (QED) is 0.530. The molecule has 0 radical (unpaired) electrons. The fourth-order valence-electron chi connectivity index (χ4n) is 5.51. The number of nitrogens with zero attached hydrogens (tertiary/aromatic N) is 1. The van der Waals surface area contributed by atoms with Crippen LogP contribution in [0.15, 0.2) is 0 Å². The summed E-state index contributed by atoms with van der Waals surface area (Å²) < 4.78 is 0. The van der Waals surface area contributed by atoms with E-state index in [9.17, 15) is 0 Å². The maximum Gasteiger partial charge on any atom is 0.0359 e. The molecule has 0 unspecified atom stereocenters. The fraction of sp³-hybridized carbons (Fsp3) is 1.00. The highest BCUT2D eigenvalue weighted by Crippen LogP contribution is 2.57. The van der Waals surface area contributed by atoms with Gasteiger partial charge in [0, 0.05) is 19.1 Å². The van der Waals surface area contributed by atoms with E-state index in [1.165, 1.54) is 64.2 Å². The highest BCUT2D eigenvalue weighted by molar-refractivity contribution is 5.06. The molecule has 0 aliphatic heterocycles. The number of hydrogen-bond donors (Lipinski definition) is 2. The van der Waals surface area contributed by atoms with E-state index in [1.54, 1.807) is 0 Å². The van der Waals surface area contributed by atoms with Crippen molar-refractivity contribution in [1.82, 2.24) is 10.4 Å². The average molecular weight is 279 g/mol. The number of nitrogens with two attached hydrogens (primary N) is 1. The van der Waals surface area contributed by atoms with E-state index in [4.69, 9.17) is 5.73 Å². The van der Waals surface area contributed by atoms with Crippen molar-refractivity contribution in [3.8, 4) is 0 Å². The van der Waals surface area contributed by atoms with Gasteiger partial charge in [-0.1, -0.05) is 12.8 Å². The first-order valence-corrected chi connectivity index (χ1v) is 8.89.